The zero-order valence-corrected chi connectivity index (χ0v) is 10.7. The van der Waals surface area contributed by atoms with E-state index in [1.54, 1.807) is 0 Å². The van der Waals surface area contributed by atoms with Gasteiger partial charge in [0.15, 0.2) is 0 Å². The summed E-state index contributed by atoms with van der Waals surface area (Å²) in [5.41, 5.74) is 5.65. The number of anilines is 1. The van der Waals surface area contributed by atoms with Crippen molar-refractivity contribution in [2.24, 2.45) is 0 Å². The van der Waals surface area contributed by atoms with Gasteiger partial charge in [0.25, 0.3) is 5.91 Å². The Labute approximate surface area is 106 Å². The van der Waals surface area contributed by atoms with Crippen LogP contribution in [0.2, 0.25) is 0 Å². The highest BCUT2D eigenvalue weighted by Crippen LogP contribution is 1.96. The lowest BCUT2D eigenvalue weighted by Gasteiger charge is -2.10. The number of nitrogens with one attached hydrogen (secondary N) is 1. The van der Waals surface area contributed by atoms with Gasteiger partial charge < -0.3 is 20.7 Å². The average molecular weight is 253 g/mol. The molecule has 1 aromatic heterocycles. The Morgan fingerprint density at radius 2 is 2.22 bits per heavy atom. The summed E-state index contributed by atoms with van der Waals surface area (Å²) in [7, 11) is 3.95. The number of likely N-dealkylation sites (N-methyl/N-ethyl adjacent to an activating group) is 1. The first kappa shape index (κ1) is 14.3. The second-order valence-electron chi connectivity index (χ2n) is 4.00. The Morgan fingerprint density at radius 1 is 1.44 bits per heavy atom. The van der Waals surface area contributed by atoms with Gasteiger partial charge in [-0.05, 0) is 14.1 Å². The molecule has 0 aliphatic rings. The van der Waals surface area contributed by atoms with Crippen molar-refractivity contribution < 1.29 is 9.53 Å². The smallest absolute Gasteiger partial charge is 0.271 e. The number of hydrogen-bond acceptors (Lipinski definition) is 6. The van der Waals surface area contributed by atoms with Crippen LogP contribution in [0.1, 0.15) is 10.5 Å². The fourth-order valence-electron chi connectivity index (χ4n) is 1.17. The number of ether oxygens (including phenoxy) is 1. The van der Waals surface area contributed by atoms with Gasteiger partial charge in [-0.1, -0.05) is 0 Å². The summed E-state index contributed by atoms with van der Waals surface area (Å²) in [6.45, 7) is 2.40. The van der Waals surface area contributed by atoms with Gasteiger partial charge in [0, 0.05) is 13.1 Å². The summed E-state index contributed by atoms with van der Waals surface area (Å²) >= 11 is 0. The normalized spacial score (nSPS) is 10.6. The van der Waals surface area contributed by atoms with Crippen LogP contribution in [0.3, 0.4) is 0 Å². The van der Waals surface area contributed by atoms with Crippen molar-refractivity contribution in [3.05, 3.63) is 18.1 Å². The maximum atomic E-state index is 11.6. The van der Waals surface area contributed by atoms with Gasteiger partial charge >= 0.3 is 0 Å². The predicted molar refractivity (Wildman–Crippen MR) is 68.2 cm³/mol. The minimum Gasteiger partial charge on any atom is -0.382 e. The lowest BCUT2D eigenvalue weighted by molar-refractivity contribution is 0.0895. The van der Waals surface area contributed by atoms with E-state index >= 15 is 0 Å². The van der Waals surface area contributed by atoms with Crippen molar-refractivity contribution in [2.75, 3.05) is 46.1 Å². The maximum Gasteiger partial charge on any atom is 0.271 e. The molecule has 0 spiro atoms. The topological polar surface area (TPSA) is 93.4 Å². The SMILES string of the molecule is CN(C)CCOCCNC(=O)c1cncc(N)n1. The van der Waals surface area contributed by atoms with Gasteiger partial charge in [0.05, 0.1) is 25.6 Å². The van der Waals surface area contributed by atoms with Gasteiger partial charge in [-0.15, -0.1) is 0 Å². The summed E-state index contributed by atoms with van der Waals surface area (Å²) < 4.78 is 5.34. The van der Waals surface area contributed by atoms with Gasteiger partial charge in [-0.2, -0.15) is 0 Å². The van der Waals surface area contributed by atoms with Crippen LogP contribution in [0.5, 0.6) is 0 Å². The van der Waals surface area contributed by atoms with Crippen molar-refractivity contribution >= 4 is 11.7 Å². The van der Waals surface area contributed by atoms with Crippen molar-refractivity contribution in [2.45, 2.75) is 0 Å². The summed E-state index contributed by atoms with van der Waals surface area (Å²) in [6.07, 6.45) is 2.76. The molecule has 0 saturated carbocycles. The van der Waals surface area contributed by atoms with E-state index in [1.807, 2.05) is 19.0 Å². The quantitative estimate of drug-likeness (QED) is 0.628. The van der Waals surface area contributed by atoms with E-state index in [-0.39, 0.29) is 17.4 Å². The first-order valence-electron chi connectivity index (χ1n) is 5.68. The van der Waals surface area contributed by atoms with Crippen LogP contribution in [-0.2, 0) is 4.74 Å². The van der Waals surface area contributed by atoms with Crippen LogP contribution in [0.25, 0.3) is 0 Å². The van der Waals surface area contributed by atoms with E-state index < -0.39 is 0 Å². The molecule has 100 valence electrons. The number of nitrogen functional groups attached to an aromatic ring is 1. The lowest BCUT2D eigenvalue weighted by Crippen LogP contribution is -2.29. The molecule has 7 heteroatoms. The third-order valence-corrected chi connectivity index (χ3v) is 2.10. The summed E-state index contributed by atoms with van der Waals surface area (Å²) in [4.78, 5) is 21.3. The highest BCUT2D eigenvalue weighted by atomic mass is 16.5. The lowest BCUT2D eigenvalue weighted by atomic mass is 10.4. The molecule has 0 aliphatic carbocycles. The number of nitrogens with two attached hydrogens (primary N) is 1. The monoisotopic (exact) mass is 253 g/mol. The Bertz CT molecular complexity index is 383. The molecule has 1 amide bonds. The van der Waals surface area contributed by atoms with Crippen LogP contribution in [0, 0.1) is 0 Å². The van der Waals surface area contributed by atoms with Crippen molar-refractivity contribution in [3.63, 3.8) is 0 Å². The van der Waals surface area contributed by atoms with E-state index in [1.165, 1.54) is 12.4 Å². The number of rotatable bonds is 7. The fraction of sp³-hybridized carbons (Fsp3) is 0.545. The van der Waals surface area contributed by atoms with Crippen LogP contribution < -0.4 is 11.1 Å². The van der Waals surface area contributed by atoms with E-state index in [4.69, 9.17) is 10.5 Å². The van der Waals surface area contributed by atoms with Gasteiger partial charge in [0.2, 0.25) is 0 Å². The summed E-state index contributed by atoms with van der Waals surface area (Å²) in [5, 5.41) is 2.68. The molecular formula is C11H19N5O2. The molecule has 1 rings (SSSR count). The molecule has 1 heterocycles. The van der Waals surface area contributed by atoms with Gasteiger partial charge in [-0.25, -0.2) is 4.98 Å². The number of amides is 1. The predicted octanol–water partition coefficient (Wildman–Crippen LogP) is -0.633. The van der Waals surface area contributed by atoms with Crippen LogP contribution in [-0.4, -0.2) is 61.2 Å². The van der Waals surface area contributed by atoms with Crippen molar-refractivity contribution in [3.8, 4) is 0 Å². The number of hydrogen-bond donors (Lipinski definition) is 2. The third-order valence-electron chi connectivity index (χ3n) is 2.10. The number of aromatic nitrogens is 2. The molecule has 0 fully saturated rings. The second-order valence-corrected chi connectivity index (χ2v) is 4.00. The first-order valence-corrected chi connectivity index (χ1v) is 5.68. The number of carbonyl (C=O) groups is 1. The van der Waals surface area contributed by atoms with Gasteiger partial charge in [-0.3, -0.25) is 9.78 Å². The number of carbonyl (C=O) groups excluding carboxylic acids is 1. The molecule has 0 radical (unpaired) electrons. The Morgan fingerprint density at radius 3 is 2.89 bits per heavy atom. The standard InChI is InChI=1S/C11H19N5O2/c1-16(2)4-6-18-5-3-14-11(17)9-7-13-8-10(12)15-9/h7-8H,3-6H2,1-2H3,(H2,12,15)(H,14,17). The molecular weight excluding hydrogens is 234 g/mol. The molecule has 0 saturated heterocycles. The molecule has 0 aliphatic heterocycles. The molecule has 0 bridgehead atoms. The summed E-state index contributed by atoms with van der Waals surface area (Å²) in [6, 6.07) is 0. The Kier molecular flexibility index (Phi) is 6.03. The van der Waals surface area contributed by atoms with E-state index in [0.717, 1.165) is 6.54 Å². The van der Waals surface area contributed by atoms with Crippen molar-refractivity contribution in [1.82, 2.24) is 20.2 Å². The third kappa shape index (κ3) is 5.55. The number of nitrogens with zero attached hydrogens (tertiary/aromatic N) is 3. The minimum atomic E-state index is -0.300. The van der Waals surface area contributed by atoms with Crippen LogP contribution in [0.4, 0.5) is 5.82 Å². The second kappa shape index (κ2) is 7.57. The Balaban J connectivity index is 2.18. The molecule has 0 atom stereocenters. The average Bonchev–Trinajstić information content (AvgIpc) is 2.33. The fourth-order valence-corrected chi connectivity index (χ4v) is 1.17. The van der Waals surface area contributed by atoms with Crippen molar-refractivity contribution in [1.29, 1.82) is 0 Å². The minimum absolute atomic E-state index is 0.211. The molecule has 0 aromatic carbocycles. The van der Waals surface area contributed by atoms with E-state index in [9.17, 15) is 4.79 Å². The van der Waals surface area contributed by atoms with Crippen LogP contribution in [0.15, 0.2) is 12.4 Å². The molecule has 18 heavy (non-hydrogen) atoms. The first-order chi connectivity index (χ1) is 8.59. The summed E-state index contributed by atoms with van der Waals surface area (Å²) in [5.74, 6) is -0.0732. The van der Waals surface area contributed by atoms with Gasteiger partial charge in [0.1, 0.15) is 11.5 Å². The van der Waals surface area contributed by atoms with Crippen LogP contribution >= 0.6 is 0 Å². The van der Waals surface area contributed by atoms with E-state index in [0.29, 0.717) is 19.8 Å². The zero-order chi connectivity index (χ0) is 13.4. The molecule has 3 N–H and O–H groups in total. The molecule has 0 unspecified atom stereocenters. The van der Waals surface area contributed by atoms with E-state index in [2.05, 4.69) is 15.3 Å². The molecule has 1 aromatic rings. The molecule has 7 nitrogen and oxygen atoms in total. The highest BCUT2D eigenvalue weighted by molar-refractivity contribution is 5.92. The Hall–Kier alpha value is -1.73. The zero-order valence-electron chi connectivity index (χ0n) is 10.7. The highest BCUT2D eigenvalue weighted by Gasteiger charge is 2.06. The largest absolute Gasteiger partial charge is 0.382 e. The maximum absolute atomic E-state index is 11.6.